The van der Waals surface area contributed by atoms with E-state index in [0.29, 0.717) is 6.54 Å². The lowest BCUT2D eigenvalue weighted by molar-refractivity contribution is -0.139. The minimum absolute atomic E-state index is 0.0454. The summed E-state index contributed by atoms with van der Waals surface area (Å²) in [6.45, 7) is 0.522. The lowest BCUT2D eigenvalue weighted by atomic mass is 10.2. The van der Waals surface area contributed by atoms with Crippen LogP contribution in [0.15, 0.2) is 30.3 Å². The number of rotatable bonds is 6. The number of carboxylic acids is 1. The zero-order valence-electron chi connectivity index (χ0n) is 11.1. The van der Waals surface area contributed by atoms with E-state index in [1.807, 2.05) is 30.3 Å². The van der Waals surface area contributed by atoms with E-state index in [2.05, 4.69) is 10.6 Å². The van der Waals surface area contributed by atoms with E-state index >= 15 is 0 Å². The molecule has 0 aromatic heterocycles. The summed E-state index contributed by atoms with van der Waals surface area (Å²) >= 11 is 0. The van der Waals surface area contributed by atoms with Crippen molar-refractivity contribution in [3.63, 3.8) is 0 Å². The van der Waals surface area contributed by atoms with Gasteiger partial charge in [-0.2, -0.15) is 0 Å². The normalized spacial score (nSPS) is 11.7. The Labute approximate surface area is 112 Å². The number of nitrogens with zero attached hydrogens (tertiary/aromatic N) is 1. The molecule has 1 aromatic carbocycles. The summed E-state index contributed by atoms with van der Waals surface area (Å²) in [6, 6.07) is 8.49. The van der Waals surface area contributed by atoms with Gasteiger partial charge in [0.2, 0.25) is 0 Å². The van der Waals surface area contributed by atoms with Crippen LogP contribution in [-0.4, -0.2) is 48.7 Å². The van der Waals surface area contributed by atoms with Crippen molar-refractivity contribution in [2.45, 2.75) is 12.6 Å². The third-order valence-corrected chi connectivity index (χ3v) is 2.71. The third kappa shape index (κ3) is 4.97. The van der Waals surface area contributed by atoms with Crippen LogP contribution in [0.25, 0.3) is 0 Å². The number of carbonyl (C=O) groups is 2. The number of carboxylic acid groups (broad SMARTS) is 1. The van der Waals surface area contributed by atoms with E-state index < -0.39 is 12.0 Å². The molecule has 0 saturated carbocycles. The lowest BCUT2D eigenvalue weighted by Crippen LogP contribution is -2.47. The van der Waals surface area contributed by atoms with Gasteiger partial charge >= 0.3 is 12.0 Å². The van der Waals surface area contributed by atoms with E-state index in [9.17, 15) is 9.59 Å². The first-order chi connectivity index (χ1) is 9.04. The molecule has 0 fully saturated rings. The van der Waals surface area contributed by atoms with Crippen LogP contribution in [0.5, 0.6) is 0 Å². The van der Waals surface area contributed by atoms with Gasteiger partial charge in [-0.25, -0.2) is 4.79 Å². The van der Waals surface area contributed by atoms with Crippen LogP contribution in [0, 0.1) is 0 Å². The van der Waals surface area contributed by atoms with Gasteiger partial charge in [-0.1, -0.05) is 30.3 Å². The lowest BCUT2D eigenvalue weighted by Gasteiger charge is -2.19. The highest BCUT2D eigenvalue weighted by Gasteiger charge is 2.17. The highest BCUT2D eigenvalue weighted by molar-refractivity contribution is 5.77. The van der Waals surface area contributed by atoms with Crippen molar-refractivity contribution in [2.75, 3.05) is 20.6 Å². The average molecular weight is 265 g/mol. The van der Waals surface area contributed by atoms with E-state index in [-0.39, 0.29) is 12.6 Å². The van der Waals surface area contributed by atoms with Crippen LogP contribution in [0.2, 0.25) is 0 Å². The first kappa shape index (κ1) is 15.0. The third-order valence-electron chi connectivity index (χ3n) is 2.71. The molecule has 0 aliphatic heterocycles. The summed E-state index contributed by atoms with van der Waals surface area (Å²) in [5.74, 6) is -0.992. The standard InChI is InChI=1S/C13H19N3O3/c1-14-11(12(17)18)8-15-13(19)16(2)9-10-6-4-3-5-7-10/h3-7,11,14H,8-9H2,1-2H3,(H,15,19)(H,17,18)/t11-/m0/s1. The zero-order chi connectivity index (χ0) is 14.3. The molecule has 104 valence electrons. The SMILES string of the molecule is CN[C@@H](CNC(=O)N(C)Cc1ccccc1)C(=O)O. The van der Waals surface area contributed by atoms with Crippen LogP contribution in [0.4, 0.5) is 4.79 Å². The molecule has 0 saturated heterocycles. The average Bonchev–Trinajstić information content (AvgIpc) is 2.39. The van der Waals surface area contributed by atoms with Gasteiger partial charge < -0.3 is 20.6 Å². The summed E-state index contributed by atoms with van der Waals surface area (Å²) in [4.78, 5) is 24.1. The Balaban J connectivity index is 2.43. The van der Waals surface area contributed by atoms with Crippen LogP contribution in [-0.2, 0) is 11.3 Å². The summed E-state index contributed by atoms with van der Waals surface area (Å²) in [7, 11) is 3.20. The fourth-order valence-electron chi connectivity index (χ4n) is 1.57. The second-order valence-electron chi connectivity index (χ2n) is 4.21. The van der Waals surface area contributed by atoms with Gasteiger partial charge in [0.1, 0.15) is 6.04 Å². The van der Waals surface area contributed by atoms with Gasteiger partial charge in [-0.3, -0.25) is 4.79 Å². The van der Waals surface area contributed by atoms with Gasteiger partial charge in [-0.05, 0) is 12.6 Å². The molecule has 0 aliphatic carbocycles. The highest BCUT2D eigenvalue weighted by atomic mass is 16.4. The molecular weight excluding hydrogens is 246 g/mol. The van der Waals surface area contributed by atoms with Crippen molar-refractivity contribution >= 4 is 12.0 Å². The summed E-state index contributed by atoms with van der Waals surface area (Å²) in [5, 5.41) is 14.0. The Morgan fingerprint density at radius 2 is 1.95 bits per heavy atom. The molecule has 3 N–H and O–H groups in total. The molecule has 0 radical (unpaired) electrons. The molecule has 1 rings (SSSR count). The number of amides is 2. The van der Waals surface area contributed by atoms with Crippen molar-refractivity contribution in [2.24, 2.45) is 0 Å². The van der Waals surface area contributed by atoms with Crippen molar-refractivity contribution in [3.05, 3.63) is 35.9 Å². The van der Waals surface area contributed by atoms with Gasteiger partial charge in [0.15, 0.2) is 0 Å². The molecule has 1 aromatic rings. The van der Waals surface area contributed by atoms with E-state index in [1.54, 1.807) is 14.1 Å². The molecule has 6 heteroatoms. The van der Waals surface area contributed by atoms with Crippen molar-refractivity contribution < 1.29 is 14.7 Å². The van der Waals surface area contributed by atoms with Crippen LogP contribution in [0.3, 0.4) is 0 Å². The minimum Gasteiger partial charge on any atom is -0.480 e. The van der Waals surface area contributed by atoms with Gasteiger partial charge in [0.05, 0.1) is 0 Å². The molecule has 6 nitrogen and oxygen atoms in total. The Hall–Kier alpha value is -2.08. The highest BCUT2D eigenvalue weighted by Crippen LogP contribution is 2.02. The smallest absolute Gasteiger partial charge is 0.322 e. The van der Waals surface area contributed by atoms with Crippen molar-refractivity contribution in [3.8, 4) is 0 Å². The van der Waals surface area contributed by atoms with Gasteiger partial charge in [-0.15, -0.1) is 0 Å². The van der Waals surface area contributed by atoms with Gasteiger partial charge in [0.25, 0.3) is 0 Å². The second kappa shape index (κ2) is 7.38. The Kier molecular flexibility index (Phi) is 5.81. The van der Waals surface area contributed by atoms with Crippen molar-refractivity contribution in [1.82, 2.24) is 15.5 Å². The summed E-state index contributed by atoms with van der Waals surface area (Å²) in [5.41, 5.74) is 1.02. The number of likely N-dealkylation sites (N-methyl/N-ethyl adjacent to an activating group) is 1. The molecule has 0 unspecified atom stereocenters. The Morgan fingerprint density at radius 3 is 2.47 bits per heavy atom. The number of urea groups is 1. The van der Waals surface area contributed by atoms with Crippen molar-refractivity contribution in [1.29, 1.82) is 0 Å². The molecule has 1 atom stereocenters. The largest absolute Gasteiger partial charge is 0.480 e. The first-order valence-electron chi connectivity index (χ1n) is 5.97. The predicted molar refractivity (Wildman–Crippen MR) is 71.8 cm³/mol. The fraction of sp³-hybridized carbons (Fsp3) is 0.385. The van der Waals surface area contributed by atoms with E-state index in [1.165, 1.54) is 4.90 Å². The molecular formula is C13H19N3O3. The summed E-state index contributed by atoms with van der Waals surface area (Å²) in [6.07, 6.45) is 0. The van der Waals surface area contributed by atoms with Crippen LogP contribution >= 0.6 is 0 Å². The molecule has 0 aliphatic rings. The number of aliphatic carboxylic acids is 1. The van der Waals surface area contributed by atoms with Crippen LogP contribution < -0.4 is 10.6 Å². The number of benzene rings is 1. The van der Waals surface area contributed by atoms with E-state index in [4.69, 9.17) is 5.11 Å². The number of nitrogens with one attached hydrogen (secondary N) is 2. The first-order valence-corrected chi connectivity index (χ1v) is 5.97. The quantitative estimate of drug-likeness (QED) is 0.699. The second-order valence-corrected chi connectivity index (χ2v) is 4.21. The maximum atomic E-state index is 11.8. The number of hydrogen-bond acceptors (Lipinski definition) is 3. The maximum absolute atomic E-state index is 11.8. The Bertz CT molecular complexity index is 422. The monoisotopic (exact) mass is 265 g/mol. The predicted octanol–water partition coefficient (Wildman–Crippen LogP) is 0.501. The molecule has 19 heavy (non-hydrogen) atoms. The molecule has 0 spiro atoms. The zero-order valence-corrected chi connectivity index (χ0v) is 11.1. The molecule has 2 amide bonds. The molecule has 0 heterocycles. The number of hydrogen-bond donors (Lipinski definition) is 3. The maximum Gasteiger partial charge on any atom is 0.322 e. The van der Waals surface area contributed by atoms with Crippen LogP contribution in [0.1, 0.15) is 5.56 Å². The molecule has 0 bridgehead atoms. The van der Waals surface area contributed by atoms with Gasteiger partial charge in [0, 0.05) is 20.1 Å². The summed E-state index contributed by atoms with van der Waals surface area (Å²) < 4.78 is 0. The topological polar surface area (TPSA) is 81.7 Å². The van der Waals surface area contributed by atoms with E-state index in [0.717, 1.165) is 5.56 Å². The Morgan fingerprint density at radius 1 is 1.32 bits per heavy atom. The minimum atomic E-state index is -0.992. The fourth-order valence-corrected chi connectivity index (χ4v) is 1.57. The number of carbonyl (C=O) groups excluding carboxylic acids is 1.